The Hall–Kier alpha value is -0.990. The van der Waals surface area contributed by atoms with Crippen LogP contribution in [0.4, 0.5) is 0 Å². The minimum atomic E-state index is -0.344. The molecule has 0 heterocycles. The molecule has 0 fully saturated rings. The summed E-state index contributed by atoms with van der Waals surface area (Å²) in [6.07, 6.45) is 1.60. The van der Waals surface area contributed by atoms with Crippen LogP contribution in [0.5, 0.6) is 5.75 Å². The van der Waals surface area contributed by atoms with Gasteiger partial charge in [-0.25, -0.2) is 0 Å². The van der Waals surface area contributed by atoms with Gasteiger partial charge < -0.3 is 4.74 Å². The van der Waals surface area contributed by atoms with Gasteiger partial charge in [-0.3, -0.25) is 4.79 Å². The van der Waals surface area contributed by atoms with Gasteiger partial charge in [0.15, 0.2) is 0 Å². The summed E-state index contributed by atoms with van der Waals surface area (Å²) in [6.45, 7) is 1.35. The highest BCUT2D eigenvalue weighted by Gasteiger charge is 1.97. The highest BCUT2D eigenvalue weighted by molar-refractivity contribution is 6.57. The Morgan fingerprint density at radius 1 is 1.29 bits per heavy atom. The van der Waals surface area contributed by atoms with Crippen molar-refractivity contribution in [1.82, 2.24) is 0 Å². The molecule has 0 atom stereocenters. The molecule has 0 saturated heterocycles. The average molecular weight is 231 g/mol. The number of hydrogen-bond acceptors (Lipinski definition) is 2. The van der Waals surface area contributed by atoms with Crippen molar-refractivity contribution in [2.45, 2.75) is 6.92 Å². The summed E-state index contributed by atoms with van der Waals surface area (Å²) in [7, 11) is 0. The van der Waals surface area contributed by atoms with Gasteiger partial charge in [0.05, 0.1) is 0 Å². The summed E-state index contributed by atoms with van der Waals surface area (Å²) >= 11 is 11.0. The average Bonchev–Trinajstić information content (AvgIpc) is 2.06. The molecule has 0 amide bonds. The summed E-state index contributed by atoms with van der Waals surface area (Å²) in [5.41, 5.74) is 0.848. The first-order chi connectivity index (χ1) is 6.58. The maximum atomic E-state index is 10.6. The summed E-state index contributed by atoms with van der Waals surface area (Å²) in [5, 5.41) is 0. The maximum Gasteiger partial charge on any atom is 0.308 e. The van der Waals surface area contributed by atoms with Gasteiger partial charge in [0.2, 0.25) is 0 Å². The second-order valence-corrected chi connectivity index (χ2v) is 3.60. The molecule has 0 bridgehead atoms. The van der Waals surface area contributed by atoms with E-state index in [0.29, 0.717) is 5.75 Å². The summed E-state index contributed by atoms with van der Waals surface area (Å²) < 4.78 is 5.03. The van der Waals surface area contributed by atoms with Crippen molar-refractivity contribution >= 4 is 35.2 Å². The first-order valence-electron chi connectivity index (χ1n) is 3.89. The Bertz CT molecular complexity index is 351. The topological polar surface area (TPSA) is 26.3 Å². The fourth-order valence-corrected chi connectivity index (χ4v) is 1.18. The third kappa shape index (κ3) is 3.81. The van der Waals surface area contributed by atoms with Crippen molar-refractivity contribution in [1.29, 1.82) is 0 Å². The van der Waals surface area contributed by atoms with E-state index in [0.717, 1.165) is 5.56 Å². The molecule has 0 aliphatic carbocycles. The molecule has 1 aromatic carbocycles. The van der Waals surface area contributed by atoms with Crippen LogP contribution in [-0.2, 0) is 4.79 Å². The normalized spacial score (nSPS) is 9.36. The molecule has 0 aliphatic heterocycles. The lowest BCUT2D eigenvalue weighted by atomic mass is 10.2. The van der Waals surface area contributed by atoms with E-state index in [1.54, 1.807) is 30.3 Å². The number of halogens is 2. The van der Waals surface area contributed by atoms with Gasteiger partial charge >= 0.3 is 5.97 Å². The SMILES string of the molecule is CC(=O)Oc1ccc(C=C(Cl)Cl)cc1. The molecule has 0 radical (unpaired) electrons. The van der Waals surface area contributed by atoms with Crippen molar-refractivity contribution in [3.05, 3.63) is 34.3 Å². The predicted molar refractivity (Wildman–Crippen MR) is 57.4 cm³/mol. The fraction of sp³-hybridized carbons (Fsp3) is 0.100. The zero-order valence-electron chi connectivity index (χ0n) is 7.46. The standard InChI is InChI=1S/C10H8Cl2O2/c1-7(13)14-9-4-2-8(3-5-9)6-10(11)12/h2-6H,1H3. The largest absolute Gasteiger partial charge is 0.427 e. The van der Waals surface area contributed by atoms with E-state index in [1.165, 1.54) is 6.92 Å². The van der Waals surface area contributed by atoms with Crippen LogP contribution in [0.15, 0.2) is 28.8 Å². The van der Waals surface area contributed by atoms with Crippen molar-refractivity contribution in [3.63, 3.8) is 0 Å². The number of rotatable bonds is 2. The van der Waals surface area contributed by atoms with E-state index in [1.807, 2.05) is 0 Å². The van der Waals surface area contributed by atoms with Gasteiger partial charge in [-0.15, -0.1) is 0 Å². The van der Waals surface area contributed by atoms with Gasteiger partial charge in [0.1, 0.15) is 10.2 Å². The molecule has 0 spiro atoms. The quantitative estimate of drug-likeness (QED) is 0.576. The summed E-state index contributed by atoms with van der Waals surface area (Å²) in [4.78, 5) is 10.6. The van der Waals surface area contributed by atoms with Crippen LogP contribution in [-0.4, -0.2) is 5.97 Å². The number of ether oxygens (including phenoxy) is 1. The number of carbonyl (C=O) groups is 1. The smallest absolute Gasteiger partial charge is 0.308 e. The van der Waals surface area contributed by atoms with Crippen LogP contribution in [0.25, 0.3) is 6.08 Å². The zero-order valence-corrected chi connectivity index (χ0v) is 8.97. The Labute approximate surface area is 92.1 Å². The molecule has 1 aromatic rings. The first kappa shape index (κ1) is 11.1. The van der Waals surface area contributed by atoms with Crippen LogP contribution in [0.1, 0.15) is 12.5 Å². The monoisotopic (exact) mass is 230 g/mol. The molecule has 0 aliphatic rings. The number of esters is 1. The predicted octanol–water partition coefficient (Wildman–Crippen LogP) is 3.39. The van der Waals surface area contributed by atoms with Gasteiger partial charge in [0, 0.05) is 6.92 Å². The lowest BCUT2D eigenvalue weighted by molar-refractivity contribution is -0.131. The molecule has 0 unspecified atom stereocenters. The third-order valence-corrected chi connectivity index (χ3v) is 1.64. The van der Waals surface area contributed by atoms with E-state index in [4.69, 9.17) is 27.9 Å². The van der Waals surface area contributed by atoms with Crippen molar-refractivity contribution in [2.24, 2.45) is 0 Å². The van der Waals surface area contributed by atoms with E-state index >= 15 is 0 Å². The van der Waals surface area contributed by atoms with Gasteiger partial charge in [0.25, 0.3) is 0 Å². The van der Waals surface area contributed by atoms with Crippen LogP contribution in [0.2, 0.25) is 0 Å². The first-order valence-corrected chi connectivity index (χ1v) is 4.64. The van der Waals surface area contributed by atoms with Gasteiger partial charge in [-0.1, -0.05) is 35.3 Å². The molecule has 1 rings (SSSR count). The van der Waals surface area contributed by atoms with E-state index in [-0.39, 0.29) is 10.5 Å². The Balaban J connectivity index is 2.78. The molecule has 0 aromatic heterocycles. The number of carbonyl (C=O) groups excluding carboxylic acids is 1. The van der Waals surface area contributed by atoms with E-state index < -0.39 is 0 Å². The molecule has 2 nitrogen and oxygen atoms in total. The molecule has 14 heavy (non-hydrogen) atoms. The minimum absolute atomic E-state index is 0.185. The fourth-order valence-electron chi connectivity index (χ4n) is 0.924. The third-order valence-electron chi connectivity index (χ3n) is 1.42. The number of hydrogen-bond donors (Lipinski definition) is 0. The maximum absolute atomic E-state index is 10.6. The Morgan fingerprint density at radius 3 is 2.29 bits per heavy atom. The summed E-state index contributed by atoms with van der Waals surface area (Å²) in [5.74, 6) is 0.156. The molecular weight excluding hydrogens is 223 g/mol. The van der Waals surface area contributed by atoms with Gasteiger partial charge in [-0.05, 0) is 23.8 Å². The van der Waals surface area contributed by atoms with Gasteiger partial charge in [-0.2, -0.15) is 0 Å². The minimum Gasteiger partial charge on any atom is -0.427 e. The van der Waals surface area contributed by atoms with Crippen LogP contribution < -0.4 is 4.74 Å². The highest BCUT2D eigenvalue weighted by Crippen LogP contribution is 2.17. The second kappa shape index (κ2) is 5.03. The highest BCUT2D eigenvalue weighted by atomic mass is 35.5. The lowest BCUT2D eigenvalue weighted by Crippen LogP contribution is -2.00. The second-order valence-electron chi connectivity index (χ2n) is 2.60. The van der Waals surface area contributed by atoms with Crippen molar-refractivity contribution in [3.8, 4) is 5.75 Å². The molecular formula is C10H8Cl2O2. The molecule has 4 heteroatoms. The van der Waals surface area contributed by atoms with Crippen molar-refractivity contribution < 1.29 is 9.53 Å². The van der Waals surface area contributed by atoms with Crippen LogP contribution >= 0.6 is 23.2 Å². The summed E-state index contributed by atoms with van der Waals surface area (Å²) in [6, 6.07) is 6.85. The zero-order chi connectivity index (χ0) is 10.6. The van der Waals surface area contributed by atoms with E-state index in [9.17, 15) is 4.79 Å². The lowest BCUT2D eigenvalue weighted by Gasteiger charge is -2.00. The Morgan fingerprint density at radius 2 is 1.86 bits per heavy atom. The molecule has 0 saturated carbocycles. The molecule has 0 N–H and O–H groups in total. The number of benzene rings is 1. The van der Waals surface area contributed by atoms with Crippen molar-refractivity contribution in [2.75, 3.05) is 0 Å². The van der Waals surface area contributed by atoms with Crippen LogP contribution in [0.3, 0.4) is 0 Å². The van der Waals surface area contributed by atoms with E-state index in [2.05, 4.69) is 0 Å². The Kier molecular flexibility index (Phi) is 3.98. The van der Waals surface area contributed by atoms with Crippen LogP contribution in [0, 0.1) is 0 Å². The molecule has 74 valence electrons.